The second kappa shape index (κ2) is 19.9. The highest BCUT2D eigenvalue weighted by atomic mass is 35.5. The molecule has 13 nitrogen and oxygen atoms in total. The number of fused-ring (bicyclic) bond motifs is 1. The maximum absolute atomic E-state index is 13.8. The number of pyridine rings is 1. The highest BCUT2D eigenvalue weighted by Gasteiger charge is 2.30. The van der Waals surface area contributed by atoms with E-state index in [0.717, 1.165) is 5.56 Å². The summed E-state index contributed by atoms with van der Waals surface area (Å²) in [6, 6.07) is 18.2. The van der Waals surface area contributed by atoms with Crippen molar-refractivity contribution in [3.05, 3.63) is 132 Å². The average molecular weight is 926 g/mol. The quantitative estimate of drug-likeness (QED) is 0.0632. The monoisotopic (exact) mass is 924 g/mol. The Morgan fingerprint density at radius 2 is 1.72 bits per heavy atom. The number of nitrogens with zero attached hydrogens (tertiary/aromatic N) is 5. The van der Waals surface area contributed by atoms with Crippen LogP contribution in [0.3, 0.4) is 0 Å². The molecular formula is C48H47Cl3N6O7. The van der Waals surface area contributed by atoms with Gasteiger partial charge in [0.2, 0.25) is 12.5 Å². The number of aromatic nitrogens is 2. The van der Waals surface area contributed by atoms with Crippen LogP contribution in [0.1, 0.15) is 62.3 Å². The van der Waals surface area contributed by atoms with Crippen molar-refractivity contribution in [2.45, 2.75) is 64.8 Å². The minimum Gasteiger partial charge on any atom is -0.485 e. The Labute approximate surface area is 386 Å². The van der Waals surface area contributed by atoms with Crippen LogP contribution in [0, 0.1) is 12.5 Å². The third-order valence-corrected chi connectivity index (χ3v) is 12.2. The van der Waals surface area contributed by atoms with Crippen molar-refractivity contribution in [3.63, 3.8) is 0 Å². The van der Waals surface area contributed by atoms with E-state index in [1.54, 1.807) is 39.1 Å². The van der Waals surface area contributed by atoms with Crippen LogP contribution >= 0.6 is 34.8 Å². The van der Waals surface area contributed by atoms with Gasteiger partial charge in [-0.3, -0.25) is 23.7 Å². The fraction of sp³-hybridized carbons (Fsp3) is 0.333. The molecular weight excluding hydrogens is 879 g/mol. The van der Waals surface area contributed by atoms with Crippen molar-refractivity contribution >= 4 is 70.6 Å². The van der Waals surface area contributed by atoms with Crippen molar-refractivity contribution in [2.75, 3.05) is 32.8 Å². The molecule has 2 fully saturated rings. The molecule has 16 heteroatoms. The van der Waals surface area contributed by atoms with E-state index in [1.165, 1.54) is 15.5 Å². The van der Waals surface area contributed by atoms with Gasteiger partial charge in [-0.25, -0.2) is 16.4 Å². The van der Waals surface area contributed by atoms with Gasteiger partial charge in [0, 0.05) is 71.8 Å². The molecule has 2 saturated heterocycles. The fourth-order valence-electron chi connectivity index (χ4n) is 7.85. The molecule has 0 bridgehead atoms. The first-order chi connectivity index (χ1) is 30.6. The lowest BCUT2D eigenvalue weighted by Gasteiger charge is -2.29. The van der Waals surface area contributed by atoms with E-state index < -0.39 is 23.6 Å². The highest BCUT2D eigenvalue weighted by Crippen LogP contribution is 2.41. The number of hydrogen-bond donors (Lipinski definition) is 2. The molecule has 0 saturated carbocycles. The first-order valence-electron chi connectivity index (χ1n) is 20.9. The number of carbonyl (C=O) groups is 3. The smallest absolute Gasteiger partial charge is 0.410 e. The molecule has 0 unspecified atom stereocenters. The standard InChI is InChI=1S/C48H47Cl3N6O7/c1-48(2,3)64-47(62)56(28-35-13-14-42(58)54-35)27-34-24-53-41-23-30(16-19-57(41)45(34)59)36-8-6-10-38(44(36)51)37-9-5-7-29(43(37)50)11-12-31-22-40(63-20-17-52-4)33(21-39(31)49)26-55-18-15-32(25-55)46(60)61/h5-12,16,19,21-24,32,35H,13-15,17-18,20,25-28H2,1-3H3,(H,54,58)(H,60,61)/b12-11+/t32-,35-/m0/s1. The largest absolute Gasteiger partial charge is 0.485 e. The number of nitrogens with one attached hydrogen (secondary N) is 1. The predicted molar refractivity (Wildman–Crippen MR) is 249 cm³/mol. The lowest BCUT2D eigenvalue weighted by Crippen LogP contribution is -2.44. The van der Waals surface area contributed by atoms with E-state index in [0.29, 0.717) is 98.7 Å². The second-order valence-electron chi connectivity index (χ2n) is 16.9. The molecule has 4 heterocycles. The topological polar surface area (TPSA) is 147 Å². The van der Waals surface area contributed by atoms with Crippen LogP contribution in [0.15, 0.2) is 77.9 Å². The molecule has 2 atom stereocenters. The van der Waals surface area contributed by atoms with Crippen LogP contribution < -0.4 is 15.6 Å². The van der Waals surface area contributed by atoms with E-state index in [-0.39, 0.29) is 49.3 Å². The van der Waals surface area contributed by atoms with E-state index in [9.17, 15) is 24.3 Å². The summed E-state index contributed by atoms with van der Waals surface area (Å²) in [5, 5.41) is 13.7. The van der Waals surface area contributed by atoms with Gasteiger partial charge >= 0.3 is 12.1 Å². The Balaban J connectivity index is 1.13. The van der Waals surface area contributed by atoms with Crippen molar-refractivity contribution in [2.24, 2.45) is 5.92 Å². The number of amides is 2. The highest BCUT2D eigenvalue weighted by molar-refractivity contribution is 6.39. The summed E-state index contributed by atoms with van der Waals surface area (Å²) in [4.78, 5) is 62.0. The molecule has 7 rings (SSSR count). The number of hydrogen-bond acceptors (Lipinski definition) is 8. The lowest BCUT2D eigenvalue weighted by atomic mass is 9.97. The predicted octanol–water partition coefficient (Wildman–Crippen LogP) is 9.38. The molecule has 2 aliphatic heterocycles. The van der Waals surface area contributed by atoms with E-state index in [4.69, 9.17) is 50.8 Å². The van der Waals surface area contributed by atoms with Crippen molar-refractivity contribution in [1.29, 1.82) is 0 Å². The van der Waals surface area contributed by atoms with Crippen LogP contribution in [0.25, 0.3) is 44.9 Å². The average Bonchev–Trinajstić information content (AvgIpc) is 3.90. The zero-order chi connectivity index (χ0) is 45.7. The number of rotatable bonds is 14. The van der Waals surface area contributed by atoms with Gasteiger partial charge in [-0.2, -0.15) is 0 Å². The molecule has 2 amide bonds. The molecule has 0 spiro atoms. The minimum absolute atomic E-state index is 0.0591. The summed E-state index contributed by atoms with van der Waals surface area (Å²) in [5.41, 5.74) is 4.51. The maximum atomic E-state index is 13.8. The molecule has 0 aliphatic carbocycles. The van der Waals surface area contributed by atoms with Gasteiger partial charge in [-0.1, -0.05) is 83.4 Å². The minimum atomic E-state index is -0.804. The summed E-state index contributed by atoms with van der Waals surface area (Å²) in [6.07, 6.45) is 7.70. The van der Waals surface area contributed by atoms with E-state index >= 15 is 0 Å². The summed E-state index contributed by atoms with van der Waals surface area (Å²) in [5.74, 6) is -0.733. The van der Waals surface area contributed by atoms with Gasteiger partial charge < -0.3 is 29.6 Å². The summed E-state index contributed by atoms with van der Waals surface area (Å²) in [6.45, 7) is 14.5. The Bertz CT molecular complexity index is 2740. The molecule has 64 heavy (non-hydrogen) atoms. The maximum Gasteiger partial charge on any atom is 0.410 e. The SMILES string of the molecule is [C-]#[N+]CCOc1cc(/C=C/c2cccc(-c3cccc(-c4ccn5c(=O)c(CN(C[C@@H]6CCC(=O)N6)C(=O)OC(C)(C)C)cnc5c4)c3Cl)c2Cl)c(Cl)cc1CN1CC[C@H](C(=O)O)C1. The van der Waals surface area contributed by atoms with Gasteiger partial charge in [0.1, 0.15) is 17.0 Å². The number of aliphatic carboxylic acids is 1. The molecule has 332 valence electrons. The molecule has 2 aromatic heterocycles. The van der Waals surface area contributed by atoms with E-state index in [2.05, 4.69) is 20.0 Å². The molecule has 0 radical (unpaired) electrons. The molecule has 2 N–H and O–H groups in total. The fourth-order valence-corrected chi connectivity index (χ4v) is 8.73. The van der Waals surface area contributed by atoms with Gasteiger partial charge in [-0.15, -0.1) is 0 Å². The summed E-state index contributed by atoms with van der Waals surface area (Å²) >= 11 is 21.1. The van der Waals surface area contributed by atoms with Crippen LogP contribution in [-0.4, -0.2) is 86.7 Å². The Morgan fingerprint density at radius 3 is 2.42 bits per heavy atom. The number of likely N-dealkylation sites (tertiary alicyclic amines) is 1. The van der Waals surface area contributed by atoms with Crippen molar-refractivity contribution in [1.82, 2.24) is 24.5 Å². The zero-order valence-electron chi connectivity index (χ0n) is 35.6. The van der Waals surface area contributed by atoms with Gasteiger partial charge in [0.25, 0.3) is 5.56 Å². The third-order valence-electron chi connectivity index (χ3n) is 11.0. The van der Waals surface area contributed by atoms with Crippen molar-refractivity contribution in [3.8, 4) is 28.0 Å². The second-order valence-corrected chi connectivity index (χ2v) is 18.0. The Kier molecular flexibility index (Phi) is 14.3. The number of benzene rings is 3. The van der Waals surface area contributed by atoms with Crippen LogP contribution in [0.4, 0.5) is 4.79 Å². The van der Waals surface area contributed by atoms with Gasteiger partial charge in [0.15, 0.2) is 6.61 Å². The number of halogens is 3. The number of ether oxygens (including phenoxy) is 2. The normalized spacial score (nSPS) is 16.5. The zero-order valence-corrected chi connectivity index (χ0v) is 37.8. The third kappa shape index (κ3) is 10.9. The van der Waals surface area contributed by atoms with Crippen molar-refractivity contribution < 1.29 is 29.0 Å². The summed E-state index contributed by atoms with van der Waals surface area (Å²) < 4.78 is 13.1. The molecule has 2 aliphatic rings. The molecule has 5 aromatic rings. The van der Waals surface area contributed by atoms with Crippen LogP contribution in [-0.2, 0) is 27.4 Å². The Hall–Kier alpha value is -5.91. The van der Waals surface area contributed by atoms with Gasteiger partial charge in [-0.05, 0) is 81.1 Å². The first kappa shape index (κ1) is 46.1. The Morgan fingerprint density at radius 1 is 0.984 bits per heavy atom. The lowest BCUT2D eigenvalue weighted by molar-refractivity contribution is -0.141. The number of carboxylic acid groups (broad SMARTS) is 1. The number of carboxylic acids is 1. The van der Waals surface area contributed by atoms with Crippen LogP contribution in [0.5, 0.6) is 5.75 Å². The van der Waals surface area contributed by atoms with Gasteiger partial charge in [0.05, 0.1) is 28.1 Å². The summed E-state index contributed by atoms with van der Waals surface area (Å²) in [7, 11) is 0. The number of carbonyl (C=O) groups excluding carboxylic acids is 2. The molecule has 3 aromatic carbocycles. The van der Waals surface area contributed by atoms with E-state index in [1.807, 2.05) is 60.7 Å². The first-order valence-corrected chi connectivity index (χ1v) is 22.0. The van der Waals surface area contributed by atoms with Crippen LogP contribution in [0.2, 0.25) is 15.1 Å².